The van der Waals surface area contributed by atoms with Crippen molar-refractivity contribution in [3.63, 3.8) is 0 Å². The molecule has 0 amide bonds. The van der Waals surface area contributed by atoms with Crippen LogP contribution in [0.3, 0.4) is 0 Å². The van der Waals surface area contributed by atoms with E-state index in [-0.39, 0.29) is 11.4 Å². The van der Waals surface area contributed by atoms with E-state index in [1.165, 1.54) is 7.11 Å². The van der Waals surface area contributed by atoms with E-state index in [2.05, 4.69) is 9.97 Å². The highest BCUT2D eigenvalue weighted by Gasteiger charge is 2.34. The summed E-state index contributed by atoms with van der Waals surface area (Å²) < 4.78 is 6.34. The fourth-order valence-corrected chi connectivity index (χ4v) is 4.50. The van der Waals surface area contributed by atoms with Gasteiger partial charge in [-0.2, -0.15) is 0 Å². The molecule has 8 heteroatoms. The molecule has 3 N–H and O–H groups in total. The van der Waals surface area contributed by atoms with Crippen molar-refractivity contribution in [3.05, 3.63) is 86.2 Å². The lowest BCUT2D eigenvalue weighted by molar-refractivity contribution is 0.251. The molecule has 0 fully saturated rings. The summed E-state index contributed by atoms with van der Waals surface area (Å²) in [6.07, 6.45) is 0.820. The van der Waals surface area contributed by atoms with Crippen molar-refractivity contribution in [2.24, 2.45) is 0 Å². The molecule has 3 heterocycles. The molecular weight excluding hydrogens is 396 g/mol. The van der Waals surface area contributed by atoms with E-state index >= 15 is 0 Å². The molecule has 1 atom stereocenters. The van der Waals surface area contributed by atoms with Crippen molar-refractivity contribution < 1.29 is 9.84 Å². The van der Waals surface area contributed by atoms with Crippen LogP contribution in [0.4, 0.5) is 0 Å². The van der Waals surface area contributed by atoms with Crippen LogP contribution >= 0.6 is 0 Å². The van der Waals surface area contributed by atoms with Crippen LogP contribution in [0.2, 0.25) is 0 Å². The minimum Gasteiger partial charge on any atom is -0.497 e. The number of benzene rings is 2. The molecule has 158 valence electrons. The molecule has 0 spiro atoms. The molecule has 0 saturated carbocycles. The number of nitrogens with one attached hydrogen (secondary N) is 2. The average Bonchev–Trinajstić information content (AvgIpc) is 3.14. The van der Waals surface area contributed by atoms with Gasteiger partial charge in [0.25, 0.3) is 5.56 Å². The molecule has 2 aromatic carbocycles. The first-order chi connectivity index (χ1) is 15.0. The lowest BCUT2D eigenvalue weighted by Gasteiger charge is -2.33. The summed E-state index contributed by atoms with van der Waals surface area (Å²) in [5.74, 6) is 0.148. The molecule has 1 aliphatic heterocycles. The van der Waals surface area contributed by atoms with Crippen LogP contribution < -0.4 is 16.0 Å². The summed E-state index contributed by atoms with van der Waals surface area (Å²) in [6, 6.07) is 14.2. The number of fused-ring (bicyclic) bond motifs is 3. The third-order valence-corrected chi connectivity index (χ3v) is 5.98. The summed E-state index contributed by atoms with van der Waals surface area (Å²) in [4.78, 5) is 33.4. The van der Waals surface area contributed by atoms with Gasteiger partial charge in [0.1, 0.15) is 11.3 Å². The maximum atomic E-state index is 12.9. The summed E-state index contributed by atoms with van der Waals surface area (Å²) >= 11 is 0. The zero-order valence-corrected chi connectivity index (χ0v) is 17.2. The Kier molecular flexibility index (Phi) is 4.44. The van der Waals surface area contributed by atoms with Gasteiger partial charge in [0.15, 0.2) is 0 Å². The zero-order valence-electron chi connectivity index (χ0n) is 17.2. The number of aromatic nitrogens is 3. The average molecular weight is 418 g/mol. The topological polar surface area (TPSA) is 103 Å². The maximum absolute atomic E-state index is 12.9. The van der Waals surface area contributed by atoms with Crippen molar-refractivity contribution in [1.29, 1.82) is 0 Å². The van der Waals surface area contributed by atoms with E-state index in [0.717, 1.165) is 33.1 Å². The Morgan fingerprint density at radius 3 is 2.71 bits per heavy atom. The van der Waals surface area contributed by atoms with Crippen LogP contribution in [0, 0.1) is 0 Å². The Hall–Kier alpha value is -3.78. The number of nitrogens with zero attached hydrogens (tertiary/aromatic N) is 2. The van der Waals surface area contributed by atoms with Crippen molar-refractivity contribution in [3.8, 4) is 17.3 Å². The first-order valence-corrected chi connectivity index (χ1v) is 10.0. The van der Waals surface area contributed by atoms with Crippen LogP contribution in [0.15, 0.2) is 58.1 Å². The molecule has 0 radical (unpaired) electrons. The van der Waals surface area contributed by atoms with Crippen molar-refractivity contribution in [2.45, 2.75) is 12.5 Å². The number of methoxy groups -OCH3 is 1. The Labute approximate surface area is 177 Å². The third-order valence-electron chi connectivity index (χ3n) is 5.98. The summed E-state index contributed by atoms with van der Waals surface area (Å²) in [6.45, 7) is 0.705. The van der Waals surface area contributed by atoms with Crippen molar-refractivity contribution >= 4 is 10.9 Å². The first kappa shape index (κ1) is 19.2. The van der Waals surface area contributed by atoms with E-state index in [9.17, 15) is 14.7 Å². The van der Waals surface area contributed by atoms with E-state index in [4.69, 9.17) is 4.74 Å². The number of likely N-dealkylation sites (N-methyl/N-ethyl adjacent to an activating group) is 1. The van der Waals surface area contributed by atoms with Crippen molar-refractivity contribution in [1.82, 2.24) is 19.4 Å². The fourth-order valence-electron chi connectivity index (χ4n) is 4.50. The number of hydrogen-bond acceptors (Lipinski definition) is 5. The quantitative estimate of drug-likeness (QED) is 0.474. The minimum absolute atomic E-state index is 0.123. The second-order valence-corrected chi connectivity index (χ2v) is 7.73. The Balaban J connectivity index is 1.77. The Morgan fingerprint density at radius 2 is 1.90 bits per heavy atom. The van der Waals surface area contributed by atoms with Gasteiger partial charge in [0.05, 0.1) is 18.8 Å². The molecule has 1 aliphatic rings. The molecule has 2 aromatic heterocycles. The van der Waals surface area contributed by atoms with Crippen LogP contribution in [0.25, 0.3) is 16.6 Å². The Morgan fingerprint density at radius 1 is 1.10 bits per heavy atom. The van der Waals surface area contributed by atoms with Crippen LogP contribution in [0.5, 0.6) is 11.6 Å². The van der Waals surface area contributed by atoms with Gasteiger partial charge in [-0.05, 0) is 37.2 Å². The number of ether oxygens (including phenoxy) is 1. The minimum atomic E-state index is -0.713. The monoisotopic (exact) mass is 418 g/mol. The predicted octanol–water partition coefficient (Wildman–Crippen LogP) is 2.30. The highest BCUT2D eigenvalue weighted by molar-refractivity contribution is 5.85. The number of rotatable bonds is 3. The van der Waals surface area contributed by atoms with Crippen LogP contribution in [0.1, 0.15) is 22.9 Å². The molecule has 0 aliphatic carbocycles. The Bertz CT molecular complexity index is 1420. The fraction of sp³-hybridized carbons (Fsp3) is 0.217. The van der Waals surface area contributed by atoms with E-state index in [1.807, 2.05) is 36.2 Å². The largest absolute Gasteiger partial charge is 0.497 e. The first-order valence-electron chi connectivity index (χ1n) is 10.0. The van der Waals surface area contributed by atoms with E-state index in [0.29, 0.717) is 18.0 Å². The molecule has 0 unspecified atom stereocenters. The number of hydrogen-bond donors (Lipinski definition) is 3. The summed E-state index contributed by atoms with van der Waals surface area (Å²) in [5, 5.41) is 12.3. The molecule has 0 saturated heterocycles. The van der Waals surface area contributed by atoms with Crippen LogP contribution in [-0.4, -0.2) is 45.2 Å². The number of H-pyrrole nitrogens is 2. The maximum Gasteiger partial charge on any atom is 0.335 e. The van der Waals surface area contributed by atoms with E-state index in [1.54, 1.807) is 24.3 Å². The molecule has 5 rings (SSSR count). The van der Waals surface area contributed by atoms with E-state index < -0.39 is 17.3 Å². The summed E-state index contributed by atoms with van der Waals surface area (Å²) in [7, 11) is 3.42. The second kappa shape index (κ2) is 7.17. The van der Waals surface area contributed by atoms with Gasteiger partial charge in [-0.25, -0.2) is 9.36 Å². The van der Waals surface area contributed by atoms with Gasteiger partial charge >= 0.3 is 5.69 Å². The zero-order chi connectivity index (χ0) is 21.7. The molecule has 4 aromatic rings. The van der Waals surface area contributed by atoms with Crippen LogP contribution in [-0.2, 0) is 6.42 Å². The predicted molar refractivity (Wildman–Crippen MR) is 117 cm³/mol. The number of para-hydroxylation sites is 1. The number of aromatic hydroxyl groups is 1. The van der Waals surface area contributed by atoms with Crippen molar-refractivity contribution in [2.75, 3.05) is 20.7 Å². The molecule has 8 nitrogen and oxygen atoms in total. The lowest BCUT2D eigenvalue weighted by Crippen LogP contribution is -2.39. The summed E-state index contributed by atoms with van der Waals surface area (Å²) in [5.41, 5.74) is 2.15. The van der Waals surface area contributed by atoms with Gasteiger partial charge in [0.2, 0.25) is 5.88 Å². The standard InChI is InChI=1S/C23H22N4O4/c1-26-11-10-16-15-8-3-4-9-17(15)24-19(16)20(26)18-21(28)25-23(30)27(22(18)29)13-6-5-7-14(12-13)31-2/h3-9,12,20,24,29H,10-11H2,1-2H3,(H,25,28,30)/t20-/m1/s1. The van der Waals surface area contributed by atoms with Gasteiger partial charge in [0, 0.05) is 29.2 Å². The lowest BCUT2D eigenvalue weighted by atomic mass is 9.94. The SMILES string of the molecule is COc1cccc(-n2c(O)c([C@@H]3c4[nH]c5ccccc5c4CCN3C)c(=O)[nH]c2=O)c1. The molecule has 31 heavy (non-hydrogen) atoms. The second-order valence-electron chi connectivity index (χ2n) is 7.73. The molecule has 0 bridgehead atoms. The van der Waals surface area contributed by atoms with Gasteiger partial charge in [-0.3, -0.25) is 14.7 Å². The van der Waals surface area contributed by atoms with Gasteiger partial charge in [-0.1, -0.05) is 24.3 Å². The highest BCUT2D eigenvalue weighted by atomic mass is 16.5. The third kappa shape index (κ3) is 2.95. The van der Waals surface area contributed by atoms with Gasteiger partial charge < -0.3 is 14.8 Å². The normalized spacial score (nSPS) is 16.4. The highest BCUT2D eigenvalue weighted by Crippen LogP contribution is 2.39. The smallest absolute Gasteiger partial charge is 0.335 e. The molecular formula is C23H22N4O4. The van der Waals surface area contributed by atoms with Gasteiger partial charge in [-0.15, -0.1) is 0 Å². The number of aromatic amines is 2.